The topological polar surface area (TPSA) is 76.5 Å². The van der Waals surface area contributed by atoms with E-state index in [0.717, 1.165) is 0 Å². The Morgan fingerprint density at radius 2 is 1.76 bits per heavy atom. The van der Waals surface area contributed by atoms with Gasteiger partial charge in [-0.25, -0.2) is 4.98 Å². The molecule has 17 heavy (non-hydrogen) atoms. The molecule has 0 bridgehead atoms. The van der Waals surface area contributed by atoms with Crippen LogP contribution in [0.4, 0.5) is 0 Å². The van der Waals surface area contributed by atoms with E-state index in [4.69, 9.17) is 9.29 Å². The minimum Gasteiger partial charge on any atom is -0.508 e. The van der Waals surface area contributed by atoms with Gasteiger partial charge in [0.1, 0.15) is 10.6 Å². The molecule has 0 aliphatic heterocycles. The lowest BCUT2D eigenvalue weighted by Gasteiger charge is -2.05. The Balaban J connectivity index is 2.29. The van der Waals surface area contributed by atoms with E-state index in [-0.39, 0.29) is 16.5 Å². The summed E-state index contributed by atoms with van der Waals surface area (Å²) in [6.07, 6.45) is 1.43. The lowest BCUT2D eigenvalue weighted by molar-refractivity contribution is 0.471. The van der Waals surface area contributed by atoms with Crippen molar-refractivity contribution in [3.8, 4) is 11.6 Å². The van der Waals surface area contributed by atoms with Gasteiger partial charge in [0.05, 0.1) is 0 Å². The normalized spacial score (nSPS) is 11.1. The number of aromatic hydroxyl groups is 1. The molecule has 1 heterocycles. The maximum Gasteiger partial charge on any atom is 0.340 e. The summed E-state index contributed by atoms with van der Waals surface area (Å²) < 4.78 is 28.3. The highest BCUT2D eigenvalue weighted by Gasteiger charge is 2.16. The van der Waals surface area contributed by atoms with Crippen molar-refractivity contribution in [3.05, 3.63) is 48.7 Å². The Labute approximate surface area is 98.5 Å². The minimum absolute atomic E-state index is 0.000532. The molecule has 0 saturated heterocycles. The maximum atomic E-state index is 11.8. The van der Waals surface area contributed by atoms with Crippen LogP contribution >= 0.6 is 0 Å². The van der Waals surface area contributed by atoms with Crippen molar-refractivity contribution in [3.63, 3.8) is 0 Å². The fourth-order valence-electron chi connectivity index (χ4n) is 1.17. The molecule has 1 N–H and O–H groups in total. The summed E-state index contributed by atoms with van der Waals surface area (Å²) in [4.78, 5) is 3.72. The monoisotopic (exact) mass is 251 g/mol. The minimum atomic E-state index is -3.90. The number of hydrogen-bond donors (Lipinski definition) is 1. The van der Waals surface area contributed by atoms with Crippen molar-refractivity contribution in [1.82, 2.24) is 4.98 Å². The Kier molecular flexibility index (Phi) is 2.97. The summed E-state index contributed by atoms with van der Waals surface area (Å²) in [5.74, 6) is -0.0117. The predicted octanol–water partition coefficient (Wildman–Crippen LogP) is 1.55. The number of nitrogens with zero attached hydrogens (tertiary/aromatic N) is 1. The number of rotatable bonds is 3. The Morgan fingerprint density at radius 1 is 1.06 bits per heavy atom. The molecule has 88 valence electrons. The number of benzene rings is 1. The first kappa shape index (κ1) is 11.4. The van der Waals surface area contributed by atoms with Crippen molar-refractivity contribution >= 4 is 10.1 Å². The van der Waals surface area contributed by atoms with Gasteiger partial charge in [-0.2, -0.15) is 8.42 Å². The smallest absolute Gasteiger partial charge is 0.340 e. The van der Waals surface area contributed by atoms with Gasteiger partial charge in [-0.3, -0.25) is 0 Å². The van der Waals surface area contributed by atoms with Gasteiger partial charge in [-0.05, 0) is 30.3 Å². The quantitative estimate of drug-likeness (QED) is 0.837. The van der Waals surface area contributed by atoms with Gasteiger partial charge in [0.25, 0.3) is 0 Å². The zero-order valence-corrected chi connectivity index (χ0v) is 9.46. The Morgan fingerprint density at radius 3 is 2.35 bits per heavy atom. The van der Waals surface area contributed by atoms with Crippen LogP contribution in [0.1, 0.15) is 0 Å². The van der Waals surface area contributed by atoms with E-state index in [9.17, 15) is 8.42 Å². The van der Waals surface area contributed by atoms with Crippen LogP contribution in [0.2, 0.25) is 0 Å². The van der Waals surface area contributed by atoms with E-state index in [0.29, 0.717) is 0 Å². The second kappa shape index (κ2) is 4.42. The Hall–Kier alpha value is -2.08. The van der Waals surface area contributed by atoms with Crippen molar-refractivity contribution in [2.24, 2.45) is 0 Å². The van der Waals surface area contributed by atoms with Gasteiger partial charge >= 0.3 is 10.1 Å². The second-order valence-corrected chi connectivity index (χ2v) is 4.75. The van der Waals surface area contributed by atoms with Crippen LogP contribution in [-0.4, -0.2) is 18.5 Å². The van der Waals surface area contributed by atoms with Crippen LogP contribution in [0.5, 0.6) is 11.6 Å². The van der Waals surface area contributed by atoms with Crippen molar-refractivity contribution in [1.29, 1.82) is 0 Å². The van der Waals surface area contributed by atoms with Gasteiger partial charge in [0.2, 0.25) is 5.88 Å². The number of phenolic OH excluding ortho intramolecular Hbond substituents is 1. The van der Waals surface area contributed by atoms with Crippen molar-refractivity contribution in [2.75, 3.05) is 0 Å². The summed E-state index contributed by atoms with van der Waals surface area (Å²) in [6.45, 7) is 0. The standard InChI is InChI=1S/C11H9NO4S/c13-9-4-6-10(7-5-9)17(14,15)16-11-3-1-2-8-12-11/h1-8,13H. The van der Waals surface area contributed by atoms with Crippen LogP contribution in [0.25, 0.3) is 0 Å². The summed E-state index contributed by atoms with van der Waals surface area (Å²) >= 11 is 0. The zero-order chi connectivity index (χ0) is 12.3. The van der Waals surface area contributed by atoms with Crippen LogP contribution in [0.3, 0.4) is 0 Å². The van der Waals surface area contributed by atoms with E-state index >= 15 is 0 Å². The molecule has 0 amide bonds. The molecule has 0 radical (unpaired) electrons. The van der Waals surface area contributed by atoms with E-state index < -0.39 is 10.1 Å². The van der Waals surface area contributed by atoms with Gasteiger partial charge in [-0.15, -0.1) is 0 Å². The fourth-order valence-corrected chi connectivity index (χ4v) is 2.06. The number of phenols is 1. The second-order valence-electron chi connectivity index (χ2n) is 3.20. The molecule has 0 spiro atoms. The lowest BCUT2D eigenvalue weighted by Crippen LogP contribution is -2.10. The zero-order valence-electron chi connectivity index (χ0n) is 8.65. The fraction of sp³-hybridized carbons (Fsp3) is 0. The molecular formula is C11H9NO4S. The lowest BCUT2D eigenvalue weighted by atomic mass is 10.3. The van der Waals surface area contributed by atoms with Gasteiger partial charge in [0, 0.05) is 12.3 Å². The highest BCUT2D eigenvalue weighted by molar-refractivity contribution is 7.87. The molecule has 2 rings (SSSR count). The molecule has 1 aromatic heterocycles. The average Bonchev–Trinajstić information content (AvgIpc) is 2.30. The van der Waals surface area contributed by atoms with E-state index in [1.54, 1.807) is 12.1 Å². The number of hydrogen-bond acceptors (Lipinski definition) is 5. The third-order valence-corrected chi connectivity index (χ3v) is 3.20. The first-order valence-electron chi connectivity index (χ1n) is 4.72. The van der Waals surface area contributed by atoms with E-state index in [1.165, 1.54) is 36.5 Å². The number of pyridine rings is 1. The molecule has 2 aromatic rings. The van der Waals surface area contributed by atoms with Gasteiger partial charge < -0.3 is 9.29 Å². The third-order valence-electron chi connectivity index (χ3n) is 1.96. The molecule has 0 aliphatic carbocycles. The van der Waals surface area contributed by atoms with Gasteiger partial charge in [-0.1, -0.05) is 6.07 Å². The third kappa shape index (κ3) is 2.73. The molecule has 0 atom stereocenters. The van der Waals surface area contributed by atoms with Crippen LogP contribution in [-0.2, 0) is 10.1 Å². The first-order valence-corrected chi connectivity index (χ1v) is 6.13. The van der Waals surface area contributed by atoms with E-state index in [2.05, 4.69) is 4.98 Å². The van der Waals surface area contributed by atoms with Crippen molar-refractivity contribution < 1.29 is 17.7 Å². The Bertz CT molecular complexity index is 593. The van der Waals surface area contributed by atoms with Gasteiger partial charge in [0.15, 0.2) is 0 Å². The summed E-state index contributed by atoms with van der Waals surface area (Å²) in [5, 5.41) is 9.06. The van der Waals surface area contributed by atoms with Crippen LogP contribution < -0.4 is 4.18 Å². The summed E-state index contributed by atoms with van der Waals surface area (Å²) in [6, 6.07) is 9.78. The molecular weight excluding hydrogens is 242 g/mol. The van der Waals surface area contributed by atoms with Crippen LogP contribution in [0, 0.1) is 0 Å². The highest BCUT2D eigenvalue weighted by atomic mass is 32.2. The highest BCUT2D eigenvalue weighted by Crippen LogP contribution is 2.18. The predicted molar refractivity (Wildman–Crippen MR) is 60.2 cm³/mol. The first-order chi connectivity index (χ1) is 8.08. The maximum absolute atomic E-state index is 11.8. The number of aromatic nitrogens is 1. The average molecular weight is 251 g/mol. The van der Waals surface area contributed by atoms with Crippen LogP contribution in [0.15, 0.2) is 53.6 Å². The largest absolute Gasteiger partial charge is 0.508 e. The molecule has 1 aromatic carbocycles. The molecule has 0 unspecified atom stereocenters. The SMILES string of the molecule is O=S(=O)(Oc1ccccn1)c1ccc(O)cc1. The van der Waals surface area contributed by atoms with E-state index in [1.807, 2.05) is 0 Å². The molecule has 5 nitrogen and oxygen atoms in total. The molecule has 0 saturated carbocycles. The molecule has 0 fully saturated rings. The molecule has 0 aliphatic rings. The summed E-state index contributed by atoms with van der Waals surface area (Å²) in [7, 11) is -3.90. The van der Waals surface area contributed by atoms with Crippen molar-refractivity contribution in [2.45, 2.75) is 4.90 Å². The molecule has 6 heteroatoms. The summed E-state index contributed by atoms with van der Waals surface area (Å²) in [5.41, 5.74) is 0.